The zero-order valence-corrected chi connectivity index (χ0v) is 33.1. The molecule has 36 nitrogen and oxygen atoms in total. The van der Waals surface area contributed by atoms with Crippen molar-refractivity contribution in [2.45, 2.75) is 37.6 Å². The molecule has 0 aliphatic rings. The Balaban J connectivity index is -0.000000109. The molecule has 0 bridgehead atoms. The van der Waals surface area contributed by atoms with Gasteiger partial charge in [0.05, 0.1) is 19.3 Å². The third kappa shape index (κ3) is 68.8. The van der Waals surface area contributed by atoms with Crippen molar-refractivity contribution >= 4 is 116 Å². The first-order valence-corrected chi connectivity index (χ1v) is 18.6. The minimum Gasteiger partial charge on any atom is -0.525 e. The van der Waals surface area contributed by atoms with Crippen molar-refractivity contribution in [3.63, 3.8) is 0 Å². The van der Waals surface area contributed by atoms with Crippen LogP contribution in [0.15, 0.2) is 0 Å². The number of carbonyl (C=O) groups excluding carboxylic acids is 3. The Bertz CT molecular complexity index is 1230. The van der Waals surface area contributed by atoms with Crippen molar-refractivity contribution < 1.29 is 186 Å². The van der Waals surface area contributed by atoms with E-state index >= 15 is 0 Å². The van der Waals surface area contributed by atoms with Crippen molar-refractivity contribution in [2.75, 3.05) is 0 Å². The van der Waals surface area contributed by atoms with Gasteiger partial charge in [0.25, 0.3) is 18.5 Å². The maximum atomic E-state index is 10.1. The van der Waals surface area contributed by atoms with Crippen molar-refractivity contribution in [1.29, 1.82) is 0 Å². The Morgan fingerprint density at radius 3 is 0.655 bits per heavy atom. The van der Waals surface area contributed by atoms with Gasteiger partial charge in [-0.1, -0.05) is 0 Å². The van der Waals surface area contributed by atoms with Gasteiger partial charge in [0.2, 0.25) is 0 Å². The fourth-order valence-electron chi connectivity index (χ4n) is 1.48. The monoisotopic (exact) mass is 1010 g/mol. The summed E-state index contributed by atoms with van der Waals surface area (Å²) >= 11 is -8.33. The minimum absolute atomic E-state index is 0. The quantitative estimate of drug-likeness (QED) is 0.0448. The zero-order valence-electron chi connectivity index (χ0n) is 26.6. The fraction of sp³-hybridized carbons (Fsp3) is 0.400. The predicted molar refractivity (Wildman–Crippen MR) is 152 cm³/mol. The van der Waals surface area contributed by atoms with E-state index < -0.39 is 153 Å². The van der Waals surface area contributed by atoms with Crippen LogP contribution >= 0.6 is 0 Å². The maximum Gasteiger partial charge on any atom is 3.00 e. The summed E-state index contributed by atoms with van der Waals surface area (Å²) in [5.74, 6) is -9.06. The topological polar surface area (TPSA) is 623 Å². The summed E-state index contributed by atoms with van der Waals surface area (Å²) in [6, 6.07) is 0. The second-order valence-electron chi connectivity index (χ2n) is 7.07. The standard InChI is InChI=1S/3C4H6O7S.3CH2O5Si.Fe/c3*5-3(6)1-2(4(7)8)11-12(9)10;3*2-1(3)6-7(4)5;/h3*2H,1H2,(H,5,6)(H,7,8)(H,9,10);3*4H,(H,2,3);/q;;;;;;+3/p-3. The summed E-state index contributed by atoms with van der Waals surface area (Å²) in [5.41, 5.74) is 0. The van der Waals surface area contributed by atoms with Crippen molar-refractivity contribution in [3.8, 4) is 0 Å². The molecule has 6 unspecified atom stereocenters. The molecule has 0 fully saturated rings. The van der Waals surface area contributed by atoms with Gasteiger partial charge in [0, 0.05) is 0 Å². The Hall–Kier alpha value is -5.19. The van der Waals surface area contributed by atoms with Crippen LogP contribution in [0.25, 0.3) is 0 Å². The number of hydrogen-bond acceptors (Lipinski definition) is 24. The molecule has 0 saturated carbocycles. The third-order valence-corrected chi connectivity index (χ3v) is 5.23. The van der Waals surface area contributed by atoms with Gasteiger partial charge in [-0.25, -0.2) is 14.4 Å². The molecule has 0 rings (SSSR count). The molecule has 12 N–H and O–H groups in total. The molecule has 43 heteroatoms. The van der Waals surface area contributed by atoms with Gasteiger partial charge in [0.15, 0.2) is 18.3 Å². The van der Waals surface area contributed by atoms with E-state index in [1.807, 2.05) is 0 Å². The van der Waals surface area contributed by atoms with E-state index in [1.165, 1.54) is 0 Å². The first-order chi connectivity index (χ1) is 25.7. The van der Waals surface area contributed by atoms with Crippen LogP contribution in [0, 0.1) is 0 Å². The average Bonchev–Trinajstić information content (AvgIpc) is 2.94. The van der Waals surface area contributed by atoms with Gasteiger partial charge >= 0.3 is 114 Å². The average molecular weight is 1010 g/mol. The molecule has 0 heterocycles. The Morgan fingerprint density at radius 2 is 0.603 bits per heavy atom. The van der Waals surface area contributed by atoms with Crippen LogP contribution in [0.4, 0.5) is 14.4 Å². The molecule has 0 spiro atoms. The first kappa shape index (κ1) is 67.5. The number of rotatable bonds is 18. The maximum absolute atomic E-state index is 10.1. The van der Waals surface area contributed by atoms with Crippen molar-refractivity contribution in [1.82, 2.24) is 0 Å². The van der Waals surface area contributed by atoms with Crippen LogP contribution in [0.3, 0.4) is 0 Å². The van der Waals surface area contributed by atoms with E-state index in [4.69, 9.17) is 88.4 Å². The Morgan fingerprint density at radius 1 is 0.448 bits per heavy atom. The molecule has 335 valence electrons. The molecule has 0 aromatic heterocycles. The van der Waals surface area contributed by atoms with Gasteiger partial charge in [-0.15, -0.1) is 0 Å². The molecule has 1 radical (unpaired) electrons. The van der Waals surface area contributed by atoms with E-state index in [1.54, 1.807) is 0 Å². The normalized spacial score (nSPS) is 12.1. The van der Waals surface area contributed by atoms with Crippen LogP contribution in [-0.2, 0) is 119 Å². The van der Waals surface area contributed by atoms with E-state index in [0.717, 1.165) is 0 Å². The van der Waals surface area contributed by atoms with E-state index in [9.17, 15) is 54.8 Å². The van der Waals surface area contributed by atoms with Gasteiger partial charge in [0.1, 0.15) is 0 Å². The largest absolute Gasteiger partial charge is 3.00 e. The molecule has 0 aromatic carbocycles. The molecular formula is C15H21FeO36S3Si3. The molecule has 6 atom stereocenters. The Labute approximate surface area is 338 Å². The first-order valence-electron chi connectivity index (χ1n) is 11.7. The van der Waals surface area contributed by atoms with Gasteiger partial charge in [-0.05, 0) is 0 Å². The van der Waals surface area contributed by atoms with E-state index in [2.05, 4.69) is 25.8 Å². The third-order valence-electron chi connectivity index (χ3n) is 3.01. The summed E-state index contributed by atoms with van der Waals surface area (Å²) in [5, 5.41) is 76.5. The van der Waals surface area contributed by atoms with Crippen molar-refractivity contribution in [3.05, 3.63) is 0 Å². The second kappa shape index (κ2) is 40.0. The van der Waals surface area contributed by atoms with Crippen molar-refractivity contribution in [2.24, 2.45) is 0 Å². The fourth-order valence-corrected chi connectivity index (χ4v) is 2.95. The SMILES string of the molecule is O=C(O)CC(OS(=O)O)C(=O)O.O=C(O)CC(OS(=O)O)C(=O)O.O=C(O)CC(OS(=O)O)C(=O)O.O=C([O-])O[Si](=O)O.O=C([O-])O[Si](=O)O.O=C([O-])O[Si](=O)O.[Fe+3]. The van der Waals surface area contributed by atoms with Crippen LogP contribution < -0.4 is 15.3 Å². The van der Waals surface area contributed by atoms with E-state index in [-0.39, 0.29) is 17.1 Å². The molecule has 0 aliphatic carbocycles. The number of carboxylic acids is 6. The number of aliphatic carboxylic acids is 6. The van der Waals surface area contributed by atoms with Gasteiger partial charge < -0.3 is 101 Å². The van der Waals surface area contributed by atoms with Crippen LogP contribution in [-0.4, -0.2) is 171 Å². The molecule has 58 heavy (non-hydrogen) atoms. The Kier molecular flexibility index (Phi) is 46.6. The molecule has 0 saturated heterocycles. The molecule has 0 aromatic rings. The summed E-state index contributed by atoms with van der Waals surface area (Å²) < 4.78 is 103. The van der Waals surface area contributed by atoms with Crippen LogP contribution in [0.5, 0.6) is 0 Å². The minimum atomic E-state index is -3.35. The summed E-state index contributed by atoms with van der Waals surface area (Å²) in [7, 11) is -10.0. The van der Waals surface area contributed by atoms with Crippen LogP contribution in [0.1, 0.15) is 19.3 Å². The van der Waals surface area contributed by atoms with Gasteiger partial charge in [-0.3, -0.25) is 40.6 Å². The van der Waals surface area contributed by atoms with Gasteiger partial charge in [-0.2, -0.15) is 12.6 Å². The summed E-state index contributed by atoms with van der Waals surface area (Å²) in [4.78, 5) is 111. The summed E-state index contributed by atoms with van der Waals surface area (Å²) in [6.45, 7) is 0. The molecular weight excluding hydrogens is 992 g/mol. The summed E-state index contributed by atoms with van der Waals surface area (Å²) in [6.07, 6.45) is -13.9. The predicted octanol–water partition coefficient (Wildman–Crippen LogP) is -9.54. The second-order valence-corrected chi connectivity index (χ2v) is 11.2. The molecule has 0 aliphatic heterocycles. The van der Waals surface area contributed by atoms with Crippen LogP contribution in [0.2, 0.25) is 0 Å². The smallest absolute Gasteiger partial charge is 0.525 e. The molecule has 0 amide bonds. The zero-order chi connectivity index (χ0) is 46.8. The number of carbonyl (C=O) groups is 9. The van der Waals surface area contributed by atoms with E-state index in [0.29, 0.717) is 0 Å². The number of carboxylic acid groups (broad SMARTS) is 9. The number of hydrogen-bond donors (Lipinski definition) is 12.